The number of esters is 1. The molecule has 0 aliphatic carbocycles. The Hall–Kier alpha value is -3.33. The summed E-state index contributed by atoms with van der Waals surface area (Å²) >= 11 is 1.51. The van der Waals surface area contributed by atoms with Crippen LogP contribution in [0.15, 0.2) is 52.6 Å². The summed E-state index contributed by atoms with van der Waals surface area (Å²) in [6.07, 6.45) is 3.18. The minimum atomic E-state index is -0.498. The monoisotopic (exact) mass is 395 g/mol. The first-order chi connectivity index (χ1) is 13.6. The van der Waals surface area contributed by atoms with Crippen LogP contribution in [-0.4, -0.2) is 30.9 Å². The van der Waals surface area contributed by atoms with E-state index < -0.39 is 5.97 Å². The molecule has 0 bridgehead atoms. The maximum atomic E-state index is 12.6. The Bertz CT molecular complexity index is 1070. The van der Waals surface area contributed by atoms with Gasteiger partial charge in [0.15, 0.2) is 12.4 Å². The van der Waals surface area contributed by atoms with E-state index in [4.69, 9.17) is 9.26 Å². The van der Waals surface area contributed by atoms with Gasteiger partial charge in [-0.05, 0) is 29.5 Å². The van der Waals surface area contributed by atoms with Crippen molar-refractivity contribution < 1.29 is 14.1 Å². The predicted molar refractivity (Wildman–Crippen MR) is 102 cm³/mol. The molecule has 0 saturated carbocycles. The largest absolute Gasteiger partial charge is 0.452 e. The van der Waals surface area contributed by atoms with Crippen LogP contribution in [0.5, 0.6) is 0 Å². The van der Waals surface area contributed by atoms with E-state index >= 15 is 0 Å². The van der Waals surface area contributed by atoms with Crippen molar-refractivity contribution >= 4 is 17.3 Å². The Labute approximate surface area is 164 Å². The van der Waals surface area contributed by atoms with Gasteiger partial charge in [-0.2, -0.15) is 10.1 Å². The molecule has 4 rings (SSSR count). The van der Waals surface area contributed by atoms with Crippen LogP contribution >= 0.6 is 11.3 Å². The first-order valence-electron chi connectivity index (χ1n) is 8.66. The van der Waals surface area contributed by atoms with E-state index in [0.29, 0.717) is 17.2 Å². The Morgan fingerprint density at radius 2 is 2.18 bits per heavy atom. The second-order valence-corrected chi connectivity index (χ2v) is 7.21. The van der Waals surface area contributed by atoms with E-state index in [0.717, 1.165) is 10.6 Å². The highest BCUT2D eigenvalue weighted by molar-refractivity contribution is 7.13. The van der Waals surface area contributed by atoms with Crippen molar-refractivity contribution in [3.63, 3.8) is 0 Å². The summed E-state index contributed by atoms with van der Waals surface area (Å²) in [5, 5.41) is 10.2. The Balaban J connectivity index is 1.52. The van der Waals surface area contributed by atoms with Crippen LogP contribution in [-0.2, 0) is 11.3 Å². The van der Waals surface area contributed by atoms with Gasteiger partial charge in [0.1, 0.15) is 5.56 Å². The molecule has 0 atom stereocenters. The van der Waals surface area contributed by atoms with Crippen molar-refractivity contribution in [2.75, 3.05) is 0 Å². The molecule has 8 nitrogen and oxygen atoms in total. The minimum Gasteiger partial charge on any atom is -0.452 e. The molecule has 4 aromatic heterocycles. The fraction of sp³-hybridized carbons (Fsp3) is 0.211. The average molecular weight is 395 g/mol. The molecule has 0 aliphatic rings. The number of hydrogen-bond donors (Lipinski definition) is 0. The van der Waals surface area contributed by atoms with Crippen molar-refractivity contribution in [1.82, 2.24) is 24.9 Å². The fourth-order valence-electron chi connectivity index (χ4n) is 2.76. The molecule has 0 saturated heterocycles. The van der Waals surface area contributed by atoms with Crippen molar-refractivity contribution in [3.8, 4) is 16.5 Å². The second-order valence-electron chi connectivity index (χ2n) is 6.26. The summed E-state index contributed by atoms with van der Waals surface area (Å²) < 4.78 is 12.2. The molecule has 0 aromatic carbocycles. The summed E-state index contributed by atoms with van der Waals surface area (Å²) in [5.74, 6) is 0.900. The molecule has 142 valence electrons. The third kappa shape index (κ3) is 3.56. The van der Waals surface area contributed by atoms with Crippen molar-refractivity contribution in [2.45, 2.75) is 26.4 Å². The first-order valence-corrected chi connectivity index (χ1v) is 9.54. The summed E-state index contributed by atoms with van der Waals surface area (Å²) in [4.78, 5) is 22.1. The standard InChI is InChI=1S/C19H17N5O3S/c1-12(2)17-13(10-21-24(17)15-7-3-4-8-20-15)19(25)26-11-16-22-18(23-27-16)14-6-5-9-28-14/h3-10,12H,11H2,1-2H3. The smallest absolute Gasteiger partial charge is 0.342 e. The maximum Gasteiger partial charge on any atom is 0.342 e. The Kier molecular flexibility index (Phi) is 4.98. The lowest BCUT2D eigenvalue weighted by atomic mass is 10.1. The van der Waals surface area contributed by atoms with Crippen LogP contribution in [0, 0.1) is 0 Å². The number of carbonyl (C=O) groups excluding carboxylic acids is 1. The van der Waals surface area contributed by atoms with Crippen LogP contribution in [0.25, 0.3) is 16.5 Å². The predicted octanol–water partition coefficient (Wildman–Crippen LogP) is 3.86. The van der Waals surface area contributed by atoms with Gasteiger partial charge in [0.25, 0.3) is 5.89 Å². The van der Waals surface area contributed by atoms with E-state index in [9.17, 15) is 4.79 Å². The fourth-order valence-corrected chi connectivity index (χ4v) is 3.41. The molecule has 28 heavy (non-hydrogen) atoms. The van der Waals surface area contributed by atoms with Crippen LogP contribution < -0.4 is 0 Å². The second kappa shape index (κ2) is 7.73. The molecule has 0 radical (unpaired) electrons. The van der Waals surface area contributed by atoms with Gasteiger partial charge in [-0.15, -0.1) is 11.3 Å². The summed E-state index contributed by atoms with van der Waals surface area (Å²) in [6, 6.07) is 9.33. The molecule has 4 aromatic rings. The van der Waals surface area contributed by atoms with E-state index in [1.165, 1.54) is 17.5 Å². The number of ether oxygens (including phenoxy) is 1. The lowest BCUT2D eigenvalue weighted by molar-refractivity contribution is 0.0428. The van der Waals surface area contributed by atoms with Crippen molar-refractivity contribution in [3.05, 3.63) is 65.3 Å². The third-order valence-corrected chi connectivity index (χ3v) is 4.84. The van der Waals surface area contributed by atoms with Gasteiger partial charge in [0, 0.05) is 6.20 Å². The lowest BCUT2D eigenvalue weighted by Gasteiger charge is -2.11. The van der Waals surface area contributed by atoms with Crippen molar-refractivity contribution in [2.24, 2.45) is 0 Å². The molecule has 0 unspecified atom stereocenters. The molecule has 0 aliphatic heterocycles. The number of nitrogens with zero attached hydrogens (tertiary/aromatic N) is 5. The van der Waals surface area contributed by atoms with E-state index in [1.54, 1.807) is 10.9 Å². The van der Waals surface area contributed by atoms with Gasteiger partial charge >= 0.3 is 5.97 Å². The molecule has 9 heteroatoms. The quantitative estimate of drug-likeness (QED) is 0.457. The Morgan fingerprint density at radius 1 is 1.29 bits per heavy atom. The highest BCUT2D eigenvalue weighted by Crippen LogP contribution is 2.24. The molecule has 4 heterocycles. The molecule has 0 spiro atoms. The topological polar surface area (TPSA) is 95.9 Å². The Morgan fingerprint density at radius 3 is 2.89 bits per heavy atom. The third-order valence-electron chi connectivity index (χ3n) is 3.98. The number of hydrogen-bond acceptors (Lipinski definition) is 8. The van der Waals surface area contributed by atoms with Crippen LogP contribution in [0.2, 0.25) is 0 Å². The van der Waals surface area contributed by atoms with Gasteiger partial charge < -0.3 is 9.26 Å². The molecule has 0 fully saturated rings. The minimum absolute atomic E-state index is 0.0425. The summed E-state index contributed by atoms with van der Waals surface area (Å²) in [7, 11) is 0. The van der Waals surface area contributed by atoms with E-state index in [1.807, 2.05) is 49.6 Å². The van der Waals surface area contributed by atoms with E-state index in [2.05, 4.69) is 20.2 Å². The molecule has 0 N–H and O–H groups in total. The highest BCUT2D eigenvalue weighted by atomic mass is 32.1. The SMILES string of the molecule is CC(C)c1c(C(=O)OCc2nc(-c3cccs3)no2)cnn1-c1ccccn1. The van der Waals surface area contributed by atoms with Crippen LogP contribution in [0.1, 0.15) is 41.7 Å². The lowest BCUT2D eigenvalue weighted by Crippen LogP contribution is -2.11. The van der Waals surface area contributed by atoms with Crippen LogP contribution in [0.4, 0.5) is 0 Å². The zero-order valence-corrected chi connectivity index (χ0v) is 16.1. The zero-order chi connectivity index (χ0) is 19.5. The van der Waals surface area contributed by atoms with Gasteiger partial charge in [0.05, 0.1) is 16.8 Å². The number of thiophene rings is 1. The van der Waals surface area contributed by atoms with Gasteiger partial charge in [-0.25, -0.2) is 14.5 Å². The average Bonchev–Trinajstić information content (AvgIpc) is 3.46. The zero-order valence-electron chi connectivity index (χ0n) is 15.3. The molecular weight excluding hydrogens is 378 g/mol. The van der Waals surface area contributed by atoms with Gasteiger partial charge in [-0.1, -0.05) is 31.1 Å². The molecule has 0 amide bonds. The first kappa shape index (κ1) is 18.1. The summed E-state index contributed by atoms with van der Waals surface area (Å²) in [5.41, 5.74) is 1.12. The number of aromatic nitrogens is 5. The maximum absolute atomic E-state index is 12.6. The van der Waals surface area contributed by atoms with Crippen molar-refractivity contribution in [1.29, 1.82) is 0 Å². The number of pyridine rings is 1. The number of carbonyl (C=O) groups is 1. The normalized spacial score (nSPS) is 11.1. The number of rotatable bonds is 6. The van der Waals surface area contributed by atoms with Gasteiger partial charge in [-0.3, -0.25) is 0 Å². The molecular formula is C19H17N5O3S. The highest BCUT2D eigenvalue weighted by Gasteiger charge is 2.23. The van der Waals surface area contributed by atoms with E-state index in [-0.39, 0.29) is 18.4 Å². The summed E-state index contributed by atoms with van der Waals surface area (Å²) in [6.45, 7) is 3.86. The van der Waals surface area contributed by atoms with Crippen LogP contribution in [0.3, 0.4) is 0 Å². The van der Waals surface area contributed by atoms with Gasteiger partial charge in [0.2, 0.25) is 5.82 Å².